The van der Waals surface area contributed by atoms with Gasteiger partial charge >= 0.3 is 0 Å². The molecule has 0 aliphatic carbocycles. The van der Waals surface area contributed by atoms with E-state index in [1.807, 2.05) is 7.05 Å². The van der Waals surface area contributed by atoms with Gasteiger partial charge in [-0.25, -0.2) is 0 Å². The van der Waals surface area contributed by atoms with Gasteiger partial charge in [0.2, 0.25) is 0 Å². The molecule has 1 aliphatic heterocycles. The molecule has 3 nitrogen and oxygen atoms in total. The van der Waals surface area contributed by atoms with Gasteiger partial charge in [-0.05, 0) is 26.8 Å². The Morgan fingerprint density at radius 2 is 2.46 bits per heavy atom. The first-order valence-corrected chi connectivity index (χ1v) is 5.15. The molecule has 1 N–H and O–H groups in total. The smallest absolute Gasteiger partial charge is 0.0517 e. The molecule has 1 saturated heterocycles. The number of nitrogens with one attached hydrogen (secondary N) is 1. The highest BCUT2D eigenvalue weighted by Gasteiger charge is 2.15. The summed E-state index contributed by atoms with van der Waals surface area (Å²) in [6, 6.07) is 0.555. The predicted octanol–water partition coefficient (Wildman–Crippen LogP) is 1.04. The van der Waals surface area contributed by atoms with Gasteiger partial charge in [-0.15, -0.1) is 0 Å². The third-order valence-corrected chi connectivity index (χ3v) is 2.57. The molecule has 0 aromatic carbocycles. The minimum absolute atomic E-state index is 0.555. The molecule has 1 heterocycles. The molecule has 78 valence electrons. The van der Waals surface area contributed by atoms with Gasteiger partial charge in [0, 0.05) is 25.2 Å². The first kappa shape index (κ1) is 11.0. The van der Waals surface area contributed by atoms with Crippen LogP contribution in [0.2, 0.25) is 0 Å². The van der Waals surface area contributed by atoms with Crippen LogP contribution in [0.1, 0.15) is 19.8 Å². The maximum atomic E-state index is 5.57. The van der Waals surface area contributed by atoms with Crippen molar-refractivity contribution in [3.63, 3.8) is 0 Å². The summed E-state index contributed by atoms with van der Waals surface area (Å²) in [7, 11) is 1.98. The van der Waals surface area contributed by atoms with Crippen molar-refractivity contribution < 1.29 is 9.47 Å². The molecular formula is C10H21NO2. The molecule has 1 aliphatic rings. The zero-order valence-corrected chi connectivity index (χ0v) is 8.71. The Morgan fingerprint density at radius 1 is 1.62 bits per heavy atom. The van der Waals surface area contributed by atoms with E-state index >= 15 is 0 Å². The van der Waals surface area contributed by atoms with Crippen LogP contribution in [0.3, 0.4) is 0 Å². The molecular weight excluding hydrogens is 166 g/mol. The van der Waals surface area contributed by atoms with Gasteiger partial charge in [0.05, 0.1) is 13.2 Å². The minimum atomic E-state index is 0.555. The number of hydrogen-bond donors (Lipinski definition) is 1. The minimum Gasteiger partial charge on any atom is -0.381 e. The van der Waals surface area contributed by atoms with Crippen LogP contribution in [-0.4, -0.2) is 39.5 Å². The van der Waals surface area contributed by atoms with E-state index in [4.69, 9.17) is 9.47 Å². The maximum Gasteiger partial charge on any atom is 0.0517 e. The largest absolute Gasteiger partial charge is 0.381 e. The van der Waals surface area contributed by atoms with Gasteiger partial charge in [0.25, 0.3) is 0 Å². The molecule has 1 fully saturated rings. The van der Waals surface area contributed by atoms with Gasteiger partial charge < -0.3 is 14.8 Å². The van der Waals surface area contributed by atoms with Gasteiger partial charge in [-0.3, -0.25) is 0 Å². The van der Waals surface area contributed by atoms with E-state index in [0.717, 1.165) is 32.8 Å². The lowest BCUT2D eigenvalue weighted by Crippen LogP contribution is -2.23. The fourth-order valence-electron chi connectivity index (χ4n) is 1.37. The molecule has 2 atom stereocenters. The summed E-state index contributed by atoms with van der Waals surface area (Å²) < 4.78 is 10.8. The Balaban J connectivity index is 1.88. The second-order valence-corrected chi connectivity index (χ2v) is 3.78. The molecule has 0 aromatic heterocycles. The highest BCUT2D eigenvalue weighted by molar-refractivity contribution is 4.63. The van der Waals surface area contributed by atoms with Crippen LogP contribution in [-0.2, 0) is 9.47 Å². The van der Waals surface area contributed by atoms with Gasteiger partial charge in [-0.1, -0.05) is 0 Å². The van der Waals surface area contributed by atoms with Gasteiger partial charge in [-0.2, -0.15) is 0 Å². The highest BCUT2D eigenvalue weighted by Crippen LogP contribution is 2.12. The number of ether oxygens (including phenoxy) is 2. The number of hydrogen-bond acceptors (Lipinski definition) is 3. The summed E-state index contributed by atoms with van der Waals surface area (Å²) in [6.45, 7) is 5.71. The first-order chi connectivity index (χ1) is 6.33. The van der Waals surface area contributed by atoms with E-state index in [2.05, 4.69) is 12.2 Å². The summed E-state index contributed by atoms with van der Waals surface area (Å²) in [5.41, 5.74) is 0. The average molecular weight is 187 g/mol. The molecule has 13 heavy (non-hydrogen) atoms. The Morgan fingerprint density at radius 3 is 3.08 bits per heavy atom. The van der Waals surface area contributed by atoms with E-state index < -0.39 is 0 Å². The second-order valence-electron chi connectivity index (χ2n) is 3.78. The van der Waals surface area contributed by atoms with Crippen LogP contribution in [0, 0.1) is 5.92 Å². The van der Waals surface area contributed by atoms with Crippen molar-refractivity contribution in [2.45, 2.75) is 25.8 Å². The molecule has 0 spiro atoms. The average Bonchev–Trinajstić information content (AvgIpc) is 2.64. The van der Waals surface area contributed by atoms with Crippen LogP contribution in [0.25, 0.3) is 0 Å². The molecule has 1 rings (SSSR count). The van der Waals surface area contributed by atoms with E-state index in [1.54, 1.807) is 0 Å². The van der Waals surface area contributed by atoms with Crippen molar-refractivity contribution in [1.82, 2.24) is 5.32 Å². The van der Waals surface area contributed by atoms with Crippen LogP contribution >= 0.6 is 0 Å². The first-order valence-electron chi connectivity index (χ1n) is 5.15. The van der Waals surface area contributed by atoms with Crippen LogP contribution in [0.4, 0.5) is 0 Å². The lowest BCUT2D eigenvalue weighted by Gasteiger charge is -2.12. The highest BCUT2D eigenvalue weighted by atomic mass is 16.5. The molecule has 0 radical (unpaired) electrons. The quantitative estimate of drug-likeness (QED) is 0.630. The normalized spacial score (nSPS) is 24.9. The molecule has 0 amide bonds. The zero-order chi connectivity index (χ0) is 9.52. The van der Waals surface area contributed by atoms with Crippen molar-refractivity contribution in [1.29, 1.82) is 0 Å². The summed E-state index contributed by atoms with van der Waals surface area (Å²) in [5.74, 6) is 0.643. The third kappa shape index (κ3) is 4.60. The fraction of sp³-hybridized carbons (Fsp3) is 1.00. The van der Waals surface area contributed by atoms with Crippen LogP contribution in [0.15, 0.2) is 0 Å². The van der Waals surface area contributed by atoms with Crippen molar-refractivity contribution in [2.24, 2.45) is 5.92 Å². The van der Waals surface area contributed by atoms with Crippen molar-refractivity contribution >= 4 is 0 Å². The summed E-state index contributed by atoms with van der Waals surface area (Å²) in [5, 5.41) is 3.19. The van der Waals surface area contributed by atoms with Crippen LogP contribution < -0.4 is 5.32 Å². The zero-order valence-electron chi connectivity index (χ0n) is 8.71. The summed E-state index contributed by atoms with van der Waals surface area (Å²) in [4.78, 5) is 0. The Labute approximate surface area is 80.8 Å². The van der Waals surface area contributed by atoms with Crippen molar-refractivity contribution in [3.8, 4) is 0 Å². The standard InChI is InChI=1S/C10H21NO2/c1-9(11-2)3-5-12-7-10-4-6-13-8-10/h9-11H,3-8H2,1-2H3. The van der Waals surface area contributed by atoms with E-state index in [0.29, 0.717) is 12.0 Å². The van der Waals surface area contributed by atoms with Crippen LogP contribution in [0.5, 0.6) is 0 Å². The summed E-state index contributed by atoms with van der Waals surface area (Å²) in [6.07, 6.45) is 2.26. The fourth-order valence-corrected chi connectivity index (χ4v) is 1.37. The lowest BCUT2D eigenvalue weighted by molar-refractivity contribution is 0.0847. The molecule has 0 saturated carbocycles. The van der Waals surface area contributed by atoms with Gasteiger partial charge in [0.15, 0.2) is 0 Å². The SMILES string of the molecule is CNC(C)CCOCC1CCOC1. The molecule has 0 bridgehead atoms. The Bertz CT molecular complexity index is 124. The van der Waals surface area contributed by atoms with E-state index in [1.165, 1.54) is 6.42 Å². The monoisotopic (exact) mass is 187 g/mol. The van der Waals surface area contributed by atoms with E-state index in [9.17, 15) is 0 Å². The topological polar surface area (TPSA) is 30.5 Å². The van der Waals surface area contributed by atoms with E-state index in [-0.39, 0.29) is 0 Å². The Hall–Kier alpha value is -0.120. The summed E-state index contributed by atoms with van der Waals surface area (Å²) >= 11 is 0. The Kier molecular flexibility index (Phi) is 5.35. The lowest BCUT2D eigenvalue weighted by atomic mass is 10.1. The van der Waals surface area contributed by atoms with Gasteiger partial charge in [0.1, 0.15) is 0 Å². The predicted molar refractivity (Wildman–Crippen MR) is 52.9 cm³/mol. The van der Waals surface area contributed by atoms with Crippen molar-refractivity contribution in [3.05, 3.63) is 0 Å². The molecule has 0 aromatic rings. The maximum absolute atomic E-state index is 5.57. The number of rotatable bonds is 6. The van der Waals surface area contributed by atoms with Crippen molar-refractivity contribution in [2.75, 3.05) is 33.5 Å². The molecule has 2 unspecified atom stereocenters. The molecule has 3 heteroatoms. The third-order valence-electron chi connectivity index (χ3n) is 2.57. The second kappa shape index (κ2) is 6.35.